The van der Waals surface area contributed by atoms with Gasteiger partial charge in [0.2, 0.25) is 0 Å². The Morgan fingerprint density at radius 3 is 2.38 bits per heavy atom. The van der Waals surface area contributed by atoms with Gasteiger partial charge in [-0.15, -0.1) is 0 Å². The van der Waals surface area contributed by atoms with Gasteiger partial charge in [-0.05, 0) is 41.8 Å². The quantitative estimate of drug-likeness (QED) is 0.518. The van der Waals surface area contributed by atoms with Crippen LogP contribution in [0.15, 0.2) is 60.7 Å². The molecule has 6 nitrogen and oxygen atoms in total. The van der Waals surface area contributed by atoms with Crippen LogP contribution >= 0.6 is 0 Å². The second-order valence-corrected chi connectivity index (χ2v) is 6.18. The summed E-state index contributed by atoms with van der Waals surface area (Å²) in [5, 5.41) is 9.34. The fourth-order valence-electron chi connectivity index (χ4n) is 2.38. The van der Waals surface area contributed by atoms with Gasteiger partial charge in [-0.1, -0.05) is 42.5 Å². The molecular weight excluding hydrogens is 372 g/mol. The first-order valence-corrected chi connectivity index (χ1v) is 9.06. The van der Waals surface area contributed by atoms with Crippen LogP contribution in [-0.2, 0) is 19.1 Å². The summed E-state index contributed by atoms with van der Waals surface area (Å²) in [4.78, 5) is 23.7. The SMILES string of the molecule is COc1cc(/C=C/C(=O)OCC(CO)OC(=O)/C=C/c2ccccc2)ccc1C. The lowest BCUT2D eigenvalue weighted by Gasteiger charge is -2.13. The van der Waals surface area contributed by atoms with Crippen molar-refractivity contribution < 1.29 is 28.9 Å². The van der Waals surface area contributed by atoms with E-state index in [0.717, 1.165) is 22.4 Å². The summed E-state index contributed by atoms with van der Waals surface area (Å²) in [7, 11) is 1.58. The molecule has 0 aliphatic heterocycles. The van der Waals surface area contributed by atoms with Crippen molar-refractivity contribution >= 4 is 24.1 Å². The number of aliphatic hydroxyl groups excluding tert-OH is 1. The summed E-state index contributed by atoms with van der Waals surface area (Å²) in [6, 6.07) is 14.8. The molecule has 0 fully saturated rings. The van der Waals surface area contributed by atoms with Crippen molar-refractivity contribution in [3.63, 3.8) is 0 Å². The van der Waals surface area contributed by atoms with Crippen molar-refractivity contribution in [2.24, 2.45) is 0 Å². The van der Waals surface area contributed by atoms with Crippen molar-refractivity contribution in [3.8, 4) is 5.75 Å². The van der Waals surface area contributed by atoms with Crippen LogP contribution in [-0.4, -0.2) is 43.5 Å². The number of hydrogen-bond acceptors (Lipinski definition) is 6. The number of esters is 2. The van der Waals surface area contributed by atoms with Crippen molar-refractivity contribution in [2.45, 2.75) is 13.0 Å². The molecule has 6 heteroatoms. The van der Waals surface area contributed by atoms with Gasteiger partial charge in [0.25, 0.3) is 0 Å². The van der Waals surface area contributed by atoms with Gasteiger partial charge in [0.05, 0.1) is 13.7 Å². The van der Waals surface area contributed by atoms with Crippen LogP contribution in [0.4, 0.5) is 0 Å². The first-order valence-electron chi connectivity index (χ1n) is 9.06. The van der Waals surface area contributed by atoms with E-state index in [-0.39, 0.29) is 6.61 Å². The predicted molar refractivity (Wildman–Crippen MR) is 110 cm³/mol. The van der Waals surface area contributed by atoms with Crippen molar-refractivity contribution in [2.75, 3.05) is 20.3 Å². The monoisotopic (exact) mass is 396 g/mol. The number of methoxy groups -OCH3 is 1. The zero-order valence-electron chi connectivity index (χ0n) is 16.4. The fourth-order valence-corrected chi connectivity index (χ4v) is 2.38. The molecule has 2 aromatic rings. The molecular formula is C23H24O6. The third-order valence-electron chi connectivity index (χ3n) is 3.95. The largest absolute Gasteiger partial charge is 0.496 e. The highest BCUT2D eigenvalue weighted by Gasteiger charge is 2.14. The minimum atomic E-state index is -0.945. The highest BCUT2D eigenvalue weighted by atomic mass is 16.6. The third kappa shape index (κ3) is 7.63. The normalized spacial score (nSPS) is 12.1. The maximum absolute atomic E-state index is 11.9. The average Bonchev–Trinajstić information content (AvgIpc) is 2.75. The molecule has 2 aromatic carbocycles. The van der Waals surface area contributed by atoms with Crippen LogP contribution in [0.2, 0.25) is 0 Å². The summed E-state index contributed by atoms with van der Waals surface area (Å²) >= 11 is 0. The number of aryl methyl sites for hydroxylation is 1. The molecule has 1 atom stereocenters. The highest BCUT2D eigenvalue weighted by Crippen LogP contribution is 2.19. The van der Waals surface area contributed by atoms with Gasteiger partial charge in [-0.3, -0.25) is 0 Å². The number of benzene rings is 2. The summed E-state index contributed by atoms with van der Waals surface area (Å²) in [5.74, 6) is -0.526. The molecule has 0 bridgehead atoms. The van der Waals surface area contributed by atoms with Crippen molar-refractivity contribution in [1.82, 2.24) is 0 Å². The second-order valence-electron chi connectivity index (χ2n) is 6.18. The number of hydrogen-bond donors (Lipinski definition) is 1. The molecule has 29 heavy (non-hydrogen) atoms. The molecule has 0 aromatic heterocycles. The zero-order valence-corrected chi connectivity index (χ0v) is 16.4. The minimum absolute atomic E-state index is 0.248. The summed E-state index contributed by atoms with van der Waals surface area (Å²) in [6.07, 6.45) is 4.76. The molecule has 2 rings (SSSR count). The summed E-state index contributed by atoms with van der Waals surface area (Å²) in [5.41, 5.74) is 2.61. The third-order valence-corrected chi connectivity index (χ3v) is 3.95. The Labute approximate surface area is 170 Å². The van der Waals surface area contributed by atoms with E-state index in [1.165, 1.54) is 12.2 Å². The molecule has 0 aliphatic rings. The lowest BCUT2D eigenvalue weighted by molar-refractivity contribution is -0.154. The topological polar surface area (TPSA) is 82.1 Å². The number of rotatable bonds is 9. The Morgan fingerprint density at radius 2 is 1.69 bits per heavy atom. The van der Waals surface area contributed by atoms with Gasteiger partial charge in [0, 0.05) is 12.2 Å². The van der Waals surface area contributed by atoms with Gasteiger partial charge in [-0.25, -0.2) is 9.59 Å². The van der Waals surface area contributed by atoms with E-state index in [4.69, 9.17) is 14.2 Å². The molecule has 0 radical (unpaired) electrons. The molecule has 0 heterocycles. The lowest BCUT2D eigenvalue weighted by Crippen LogP contribution is -2.27. The number of carbonyl (C=O) groups is 2. The lowest BCUT2D eigenvalue weighted by atomic mass is 10.1. The molecule has 0 saturated heterocycles. The first kappa shape index (κ1) is 21.9. The van der Waals surface area contributed by atoms with Crippen LogP contribution in [0.1, 0.15) is 16.7 Å². The van der Waals surface area contributed by atoms with Crippen molar-refractivity contribution in [1.29, 1.82) is 0 Å². The standard InChI is InChI=1S/C23H24O6/c1-17-8-9-19(14-21(17)27-2)11-12-22(25)28-16-20(15-24)29-23(26)13-10-18-6-4-3-5-7-18/h3-14,20,24H,15-16H2,1-2H3/b12-11+,13-10+. The Kier molecular flexibility index (Phi) is 8.66. The summed E-state index contributed by atoms with van der Waals surface area (Å²) < 4.78 is 15.4. The van der Waals surface area contributed by atoms with E-state index in [0.29, 0.717) is 0 Å². The Morgan fingerprint density at radius 1 is 1.00 bits per heavy atom. The molecule has 1 unspecified atom stereocenters. The fraction of sp³-hybridized carbons (Fsp3) is 0.217. The van der Waals surface area contributed by atoms with E-state index in [1.54, 1.807) is 25.3 Å². The second kappa shape index (κ2) is 11.5. The van der Waals surface area contributed by atoms with E-state index >= 15 is 0 Å². The van der Waals surface area contributed by atoms with Crippen molar-refractivity contribution in [3.05, 3.63) is 77.4 Å². The van der Waals surface area contributed by atoms with Crippen LogP contribution in [0.3, 0.4) is 0 Å². The molecule has 1 N–H and O–H groups in total. The Bertz CT molecular complexity index is 870. The molecule has 0 spiro atoms. The molecule has 0 saturated carbocycles. The highest BCUT2D eigenvalue weighted by molar-refractivity contribution is 5.88. The number of aliphatic hydroxyl groups is 1. The maximum Gasteiger partial charge on any atom is 0.331 e. The minimum Gasteiger partial charge on any atom is -0.496 e. The van der Waals surface area contributed by atoms with E-state index < -0.39 is 24.6 Å². The Balaban J connectivity index is 1.82. The van der Waals surface area contributed by atoms with Crippen LogP contribution in [0, 0.1) is 6.92 Å². The van der Waals surface area contributed by atoms with Gasteiger partial charge in [0.1, 0.15) is 12.4 Å². The molecule has 0 amide bonds. The average molecular weight is 396 g/mol. The maximum atomic E-state index is 11.9. The number of ether oxygens (including phenoxy) is 3. The van der Waals surface area contributed by atoms with Gasteiger partial charge in [0.15, 0.2) is 6.10 Å². The Hall–Kier alpha value is -3.38. The van der Waals surface area contributed by atoms with Gasteiger partial charge >= 0.3 is 11.9 Å². The van der Waals surface area contributed by atoms with Gasteiger partial charge in [-0.2, -0.15) is 0 Å². The van der Waals surface area contributed by atoms with Crippen LogP contribution in [0.25, 0.3) is 12.2 Å². The summed E-state index contributed by atoms with van der Waals surface area (Å²) in [6.45, 7) is 1.21. The van der Waals surface area contributed by atoms with E-state index in [9.17, 15) is 14.7 Å². The molecule has 152 valence electrons. The van der Waals surface area contributed by atoms with Crippen LogP contribution in [0.5, 0.6) is 5.75 Å². The smallest absolute Gasteiger partial charge is 0.331 e. The number of carbonyl (C=O) groups excluding carboxylic acids is 2. The predicted octanol–water partition coefficient (Wildman–Crippen LogP) is 3.18. The van der Waals surface area contributed by atoms with E-state index in [2.05, 4.69) is 0 Å². The van der Waals surface area contributed by atoms with E-state index in [1.807, 2.05) is 49.4 Å². The van der Waals surface area contributed by atoms with Crippen LogP contribution < -0.4 is 4.74 Å². The molecule has 0 aliphatic carbocycles. The first-order chi connectivity index (χ1) is 14.0. The van der Waals surface area contributed by atoms with Gasteiger partial charge < -0.3 is 19.3 Å². The zero-order chi connectivity index (χ0) is 21.1.